The number of benzene rings is 2. The van der Waals surface area contributed by atoms with Crippen molar-refractivity contribution in [2.75, 3.05) is 44.2 Å². The van der Waals surface area contributed by atoms with Crippen molar-refractivity contribution in [1.29, 1.82) is 0 Å². The minimum atomic E-state index is -0.158. The minimum absolute atomic E-state index is 0.0743. The van der Waals surface area contributed by atoms with Gasteiger partial charge in [0.05, 0.1) is 5.69 Å². The van der Waals surface area contributed by atoms with Crippen molar-refractivity contribution in [3.05, 3.63) is 95.0 Å². The summed E-state index contributed by atoms with van der Waals surface area (Å²) in [5.74, 6) is 0.282. The molecule has 0 aliphatic carbocycles. The number of pyridine rings is 1. The van der Waals surface area contributed by atoms with Crippen LogP contribution in [0.3, 0.4) is 0 Å². The number of halogens is 2. The van der Waals surface area contributed by atoms with Gasteiger partial charge in [-0.25, -0.2) is 4.39 Å². The first-order valence-electron chi connectivity index (χ1n) is 13.9. The molecule has 2 fully saturated rings. The van der Waals surface area contributed by atoms with Gasteiger partial charge in [-0.05, 0) is 60.7 Å². The number of carbonyl (C=O) groups is 1. The van der Waals surface area contributed by atoms with Gasteiger partial charge in [-0.3, -0.25) is 19.6 Å². The number of piperazine rings is 1. The Balaban J connectivity index is 1.21. The van der Waals surface area contributed by atoms with Crippen molar-refractivity contribution in [1.82, 2.24) is 20.1 Å². The lowest BCUT2D eigenvalue weighted by Crippen LogP contribution is -2.56. The van der Waals surface area contributed by atoms with Crippen molar-refractivity contribution in [3.63, 3.8) is 0 Å². The Kier molecular flexibility index (Phi) is 9.45. The van der Waals surface area contributed by atoms with E-state index in [2.05, 4.69) is 31.1 Å². The molecule has 2 aromatic carbocycles. The number of amides is 1. The van der Waals surface area contributed by atoms with E-state index >= 15 is 0 Å². The average Bonchev–Trinajstić information content (AvgIpc) is 2.97. The summed E-state index contributed by atoms with van der Waals surface area (Å²) in [7, 11) is 0. The first kappa shape index (κ1) is 27.6. The molecule has 0 bridgehead atoms. The van der Waals surface area contributed by atoms with Gasteiger partial charge in [0, 0.05) is 75.7 Å². The van der Waals surface area contributed by atoms with Crippen molar-refractivity contribution in [2.45, 2.75) is 38.4 Å². The third-order valence-electron chi connectivity index (χ3n) is 8.06. The molecule has 2 aliphatic rings. The molecule has 3 aromatic rings. The van der Waals surface area contributed by atoms with Gasteiger partial charge in [0.2, 0.25) is 5.91 Å². The second-order valence-electron chi connectivity index (χ2n) is 10.6. The lowest BCUT2D eigenvalue weighted by molar-refractivity contribution is -0.121. The van der Waals surface area contributed by atoms with Crippen LogP contribution in [0.1, 0.15) is 30.4 Å². The quantitative estimate of drug-likeness (QED) is 0.408. The largest absolute Gasteiger partial charge is 0.367 e. The fraction of sp³-hybridized carbons (Fsp3) is 0.419. The standard InChI is InChI=1S/C31H37ClFN5O/c32-27-8-2-1-7-25(27)22-36-15-13-29(37-16-18-38(19-17-37)30-10-4-3-9-28(30)33)26(23-36)11-12-31(39)35-21-24-6-5-14-34-20-24/h1-10,14,20,26,29H,11-13,15-19,21-23H2,(H,35,39)/t26-,29+/m1/s1. The van der Waals surface area contributed by atoms with Crippen LogP contribution in [0.5, 0.6) is 0 Å². The number of hydrogen-bond acceptors (Lipinski definition) is 5. The predicted molar refractivity (Wildman–Crippen MR) is 154 cm³/mol. The van der Waals surface area contributed by atoms with Crippen molar-refractivity contribution >= 4 is 23.2 Å². The molecule has 5 rings (SSSR count). The molecule has 2 saturated heterocycles. The average molecular weight is 550 g/mol. The Morgan fingerprint density at radius 2 is 1.79 bits per heavy atom. The Bertz CT molecular complexity index is 1220. The Hall–Kier alpha value is -3.00. The summed E-state index contributed by atoms with van der Waals surface area (Å²) >= 11 is 6.47. The van der Waals surface area contributed by atoms with Crippen molar-refractivity contribution in [3.8, 4) is 0 Å². The molecule has 8 heteroatoms. The second kappa shape index (κ2) is 13.4. The summed E-state index contributed by atoms with van der Waals surface area (Å²) in [6.45, 7) is 6.64. The Labute approximate surface area is 235 Å². The summed E-state index contributed by atoms with van der Waals surface area (Å²) < 4.78 is 14.4. The highest BCUT2D eigenvalue weighted by Crippen LogP contribution is 2.30. The van der Waals surface area contributed by atoms with E-state index in [1.54, 1.807) is 18.5 Å². The molecule has 1 aromatic heterocycles. The smallest absolute Gasteiger partial charge is 0.220 e. The van der Waals surface area contributed by atoms with Gasteiger partial charge in [-0.15, -0.1) is 0 Å². The lowest BCUT2D eigenvalue weighted by Gasteiger charge is -2.47. The SMILES string of the molecule is O=C(CC[C@@H]1CN(Cc2ccccc2Cl)CC[C@@H]1N1CCN(c2ccccc2F)CC1)NCc1cccnc1. The Morgan fingerprint density at radius 3 is 2.56 bits per heavy atom. The van der Waals surface area contributed by atoms with Gasteiger partial charge < -0.3 is 10.2 Å². The van der Waals surface area contributed by atoms with Gasteiger partial charge in [-0.2, -0.15) is 0 Å². The van der Waals surface area contributed by atoms with Gasteiger partial charge in [0.15, 0.2) is 0 Å². The summed E-state index contributed by atoms with van der Waals surface area (Å²) in [6.07, 6.45) is 5.89. The predicted octanol–water partition coefficient (Wildman–Crippen LogP) is 4.98. The van der Waals surface area contributed by atoms with Crippen LogP contribution in [0.2, 0.25) is 5.02 Å². The van der Waals surface area contributed by atoms with Crippen LogP contribution < -0.4 is 10.2 Å². The first-order chi connectivity index (χ1) is 19.1. The van der Waals surface area contributed by atoms with Crippen LogP contribution in [-0.2, 0) is 17.9 Å². The number of para-hydroxylation sites is 1. The molecular weight excluding hydrogens is 513 g/mol. The van der Waals surface area contributed by atoms with E-state index in [4.69, 9.17) is 11.6 Å². The summed E-state index contributed by atoms with van der Waals surface area (Å²) in [4.78, 5) is 24.1. The maximum atomic E-state index is 14.4. The number of anilines is 1. The highest BCUT2D eigenvalue weighted by atomic mass is 35.5. The van der Waals surface area contributed by atoms with Crippen LogP contribution in [0.25, 0.3) is 0 Å². The van der Waals surface area contributed by atoms with Crippen LogP contribution >= 0.6 is 11.6 Å². The third kappa shape index (κ3) is 7.35. The van der Waals surface area contributed by atoms with Crippen LogP contribution in [0.4, 0.5) is 10.1 Å². The molecule has 0 saturated carbocycles. The van der Waals surface area contributed by atoms with Crippen LogP contribution in [0, 0.1) is 11.7 Å². The van der Waals surface area contributed by atoms with E-state index in [0.717, 1.165) is 74.8 Å². The van der Waals surface area contributed by atoms with Crippen LogP contribution in [-0.4, -0.2) is 66.0 Å². The van der Waals surface area contributed by atoms with E-state index in [1.165, 1.54) is 6.07 Å². The number of likely N-dealkylation sites (tertiary alicyclic amines) is 1. The van der Waals surface area contributed by atoms with Crippen molar-refractivity contribution in [2.24, 2.45) is 5.92 Å². The topological polar surface area (TPSA) is 51.7 Å². The van der Waals surface area contributed by atoms with Crippen LogP contribution in [0.15, 0.2) is 73.1 Å². The van der Waals surface area contributed by atoms with Gasteiger partial charge in [0.25, 0.3) is 0 Å². The fourth-order valence-corrected chi connectivity index (χ4v) is 6.18. The maximum Gasteiger partial charge on any atom is 0.220 e. The molecule has 0 spiro atoms. The lowest BCUT2D eigenvalue weighted by atomic mass is 9.86. The molecule has 6 nitrogen and oxygen atoms in total. The third-order valence-corrected chi connectivity index (χ3v) is 8.43. The molecule has 0 radical (unpaired) electrons. The van der Waals surface area contributed by atoms with Gasteiger partial charge in [0.1, 0.15) is 5.82 Å². The zero-order valence-corrected chi connectivity index (χ0v) is 23.1. The molecule has 2 aliphatic heterocycles. The van der Waals surface area contributed by atoms with E-state index in [9.17, 15) is 9.18 Å². The highest BCUT2D eigenvalue weighted by Gasteiger charge is 2.35. The molecule has 0 unspecified atom stereocenters. The number of hydrogen-bond donors (Lipinski definition) is 1. The molecule has 1 amide bonds. The second-order valence-corrected chi connectivity index (χ2v) is 11.0. The number of rotatable bonds is 9. The minimum Gasteiger partial charge on any atom is -0.367 e. The number of nitrogens with zero attached hydrogens (tertiary/aromatic N) is 4. The Morgan fingerprint density at radius 1 is 1.00 bits per heavy atom. The molecule has 39 heavy (non-hydrogen) atoms. The van der Waals surface area contributed by atoms with E-state index in [1.807, 2.05) is 42.5 Å². The summed E-state index contributed by atoms with van der Waals surface area (Å²) in [5.41, 5.74) is 2.83. The molecule has 206 valence electrons. The van der Waals surface area contributed by atoms with Gasteiger partial charge in [-0.1, -0.05) is 48.0 Å². The summed E-state index contributed by atoms with van der Waals surface area (Å²) in [6, 6.07) is 19.3. The van der Waals surface area contributed by atoms with E-state index in [0.29, 0.717) is 30.6 Å². The van der Waals surface area contributed by atoms with E-state index in [-0.39, 0.29) is 11.7 Å². The normalized spacial score (nSPS) is 20.6. The molecule has 2 atom stereocenters. The summed E-state index contributed by atoms with van der Waals surface area (Å²) in [5, 5.41) is 3.86. The molecular formula is C31H37ClFN5O. The number of nitrogens with one attached hydrogen (secondary N) is 1. The monoisotopic (exact) mass is 549 g/mol. The fourth-order valence-electron chi connectivity index (χ4n) is 5.98. The van der Waals surface area contributed by atoms with Gasteiger partial charge >= 0.3 is 0 Å². The van der Waals surface area contributed by atoms with Crippen molar-refractivity contribution < 1.29 is 9.18 Å². The highest BCUT2D eigenvalue weighted by molar-refractivity contribution is 6.31. The van der Waals surface area contributed by atoms with E-state index < -0.39 is 0 Å². The molecule has 3 heterocycles. The number of piperidine rings is 1. The molecule has 1 N–H and O–H groups in total. The zero-order valence-electron chi connectivity index (χ0n) is 22.3. The number of carbonyl (C=O) groups excluding carboxylic acids is 1. The maximum absolute atomic E-state index is 14.4. The number of aromatic nitrogens is 1. The zero-order chi connectivity index (χ0) is 27.0. The first-order valence-corrected chi connectivity index (χ1v) is 14.3.